The van der Waals surface area contributed by atoms with Crippen LogP contribution in [0.2, 0.25) is 0 Å². The van der Waals surface area contributed by atoms with Crippen LogP contribution in [-0.4, -0.2) is 12.2 Å². The van der Waals surface area contributed by atoms with E-state index in [9.17, 15) is 5.11 Å². The molecule has 2 aromatic carbocycles. The number of halogens is 1. The maximum Gasteiger partial charge on any atom is 0.118 e. The zero-order valence-electron chi connectivity index (χ0n) is 11.8. The van der Waals surface area contributed by atoms with Gasteiger partial charge >= 0.3 is 0 Å². The smallest absolute Gasteiger partial charge is 0.118 e. The van der Waals surface area contributed by atoms with Crippen molar-refractivity contribution < 1.29 is 9.84 Å². The fourth-order valence-electron chi connectivity index (χ4n) is 2.18. The van der Waals surface area contributed by atoms with Crippen LogP contribution in [0.25, 0.3) is 0 Å². The van der Waals surface area contributed by atoms with Gasteiger partial charge in [0.25, 0.3) is 0 Å². The zero-order chi connectivity index (χ0) is 14.5. The number of methoxy groups -OCH3 is 1. The second-order valence-corrected chi connectivity index (χ2v) is 5.67. The van der Waals surface area contributed by atoms with E-state index in [-0.39, 0.29) is 0 Å². The van der Waals surface area contributed by atoms with Gasteiger partial charge in [0.2, 0.25) is 0 Å². The molecule has 0 saturated carbocycles. The Balaban J connectivity index is 2.00. The van der Waals surface area contributed by atoms with Crippen molar-refractivity contribution >= 4 is 15.9 Å². The van der Waals surface area contributed by atoms with E-state index in [0.717, 1.165) is 27.8 Å². The van der Waals surface area contributed by atoms with Gasteiger partial charge in [-0.2, -0.15) is 0 Å². The second kappa shape index (κ2) is 6.91. The van der Waals surface area contributed by atoms with Crippen LogP contribution in [0.4, 0.5) is 0 Å². The zero-order valence-corrected chi connectivity index (χ0v) is 13.4. The topological polar surface area (TPSA) is 29.5 Å². The third kappa shape index (κ3) is 3.62. The average molecular weight is 335 g/mol. The Hall–Kier alpha value is -1.32. The van der Waals surface area contributed by atoms with Gasteiger partial charge in [-0.05, 0) is 48.6 Å². The summed E-state index contributed by atoms with van der Waals surface area (Å²) in [5.74, 6) is 0.857. The molecule has 0 aromatic heterocycles. The van der Waals surface area contributed by atoms with Crippen LogP contribution in [-0.2, 0) is 6.42 Å². The van der Waals surface area contributed by atoms with Gasteiger partial charge < -0.3 is 9.84 Å². The molecular formula is C17H19BrO2. The van der Waals surface area contributed by atoms with E-state index in [2.05, 4.69) is 15.9 Å². The summed E-state index contributed by atoms with van der Waals surface area (Å²) in [6, 6.07) is 14.0. The first-order valence-corrected chi connectivity index (χ1v) is 7.47. The maximum atomic E-state index is 10.3. The summed E-state index contributed by atoms with van der Waals surface area (Å²) in [4.78, 5) is 0. The van der Waals surface area contributed by atoms with Crippen LogP contribution in [0.3, 0.4) is 0 Å². The lowest BCUT2D eigenvalue weighted by molar-refractivity contribution is 0.167. The normalized spacial score (nSPS) is 12.2. The number of rotatable bonds is 5. The van der Waals surface area contributed by atoms with E-state index < -0.39 is 6.10 Å². The molecule has 2 aromatic rings. The Bertz CT molecular complexity index is 564. The van der Waals surface area contributed by atoms with Gasteiger partial charge in [0.15, 0.2) is 0 Å². The van der Waals surface area contributed by atoms with Crippen LogP contribution in [0.1, 0.15) is 29.2 Å². The first kappa shape index (κ1) is 15.1. The van der Waals surface area contributed by atoms with E-state index in [0.29, 0.717) is 6.42 Å². The largest absolute Gasteiger partial charge is 0.497 e. The van der Waals surface area contributed by atoms with E-state index >= 15 is 0 Å². The number of ether oxygens (including phenoxy) is 1. The Labute approximate surface area is 128 Å². The van der Waals surface area contributed by atoms with E-state index in [1.165, 1.54) is 5.56 Å². The molecule has 106 valence electrons. The van der Waals surface area contributed by atoms with Crippen LogP contribution < -0.4 is 4.74 Å². The number of aliphatic hydroxyl groups is 1. The first-order valence-electron chi connectivity index (χ1n) is 6.68. The Morgan fingerprint density at radius 2 is 1.85 bits per heavy atom. The van der Waals surface area contributed by atoms with E-state index in [1.54, 1.807) is 7.11 Å². The molecule has 0 aliphatic heterocycles. The standard InChI is InChI=1S/C17H19BrO2/c1-12-4-3-5-15(17(12)18)16(19)11-8-13-6-9-14(20-2)10-7-13/h3-7,9-10,16,19H,8,11H2,1-2H3. The molecule has 20 heavy (non-hydrogen) atoms. The molecule has 0 radical (unpaired) electrons. The molecule has 1 unspecified atom stereocenters. The number of benzene rings is 2. The quantitative estimate of drug-likeness (QED) is 0.876. The molecule has 2 nitrogen and oxygen atoms in total. The van der Waals surface area contributed by atoms with Crippen molar-refractivity contribution in [3.63, 3.8) is 0 Å². The highest BCUT2D eigenvalue weighted by Gasteiger charge is 2.12. The van der Waals surface area contributed by atoms with Crippen molar-refractivity contribution in [3.05, 3.63) is 63.6 Å². The fraction of sp³-hybridized carbons (Fsp3) is 0.294. The molecule has 0 aliphatic carbocycles. The predicted molar refractivity (Wildman–Crippen MR) is 85.2 cm³/mol. The molecule has 1 N–H and O–H groups in total. The molecule has 0 aliphatic rings. The molecule has 1 atom stereocenters. The summed E-state index contributed by atoms with van der Waals surface area (Å²) < 4.78 is 6.14. The molecule has 2 rings (SSSR count). The molecule has 0 spiro atoms. The monoisotopic (exact) mass is 334 g/mol. The Morgan fingerprint density at radius 3 is 2.50 bits per heavy atom. The second-order valence-electron chi connectivity index (χ2n) is 4.88. The van der Waals surface area contributed by atoms with Crippen molar-refractivity contribution in [2.75, 3.05) is 7.11 Å². The van der Waals surface area contributed by atoms with Gasteiger partial charge in [-0.25, -0.2) is 0 Å². The average Bonchev–Trinajstić information content (AvgIpc) is 2.48. The number of hydrogen-bond donors (Lipinski definition) is 1. The van der Waals surface area contributed by atoms with Gasteiger partial charge in [-0.15, -0.1) is 0 Å². The summed E-state index contributed by atoms with van der Waals surface area (Å²) in [6.45, 7) is 2.03. The summed E-state index contributed by atoms with van der Waals surface area (Å²) in [5, 5.41) is 10.3. The molecule has 0 fully saturated rings. The molecule has 0 heterocycles. The Kier molecular flexibility index (Phi) is 5.21. The lowest BCUT2D eigenvalue weighted by Crippen LogP contribution is -2.01. The lowest BCUT2D eigenvalue weighted by Gasteiger charge is -2.14. The molecule has 0 saturated heterocycles. The highest BCUT2D eigenvalue weighted by molar-refractivity contribution is 9.10. The summed E-state index contributed by atoms with van der Waals surface area (Å²) in [7, 11) is 1.66. The number of aliphatic hydroxyl groups excluding tert-OH is 1. The van der Waals surface area contributed by atoms with Gasteiger partial charge in [-0.1, -0.05) is 46.3 Å². The first-order chi connectivity index (χ1) is 9.61. The van der Waals surface area contributed by atoms with Crippen molar-refractivity contribution in [1.29, 1.82) is 0 Å². The molecule has 3 heteroatoms. The maximum absolute atomic E-state index is 10.3. The highest BCUT2D eigenvalue weighted by Crippen LogP contribution is 2.29. The lowest BCUT2D eigenvalue weighted by atomic mass is 10.00. The van der Waals surface area contributed by atoms with E-state index in [4.69, 9.17) is 4.74 Å². The number of aryl methyl sites for hydroxylation is 2. The Morgan fingerprint density at radius 1 is 1.15 bits per heavy atom. The molecule has 0 amide bonds. The van der Waals surface area contributed by atoms with Crippen LogP contribution in [0.15, 0.2) is 46.9 Å². The molecular weight excluding hydrogens is 316 g/mol. The van der Waals surface area contributed by atoms with Crippen molar-refractivity contribution in [3.8, 4) is 5.75 Å². The third-order valence-electron chi connectivity index (χ3n) is 3.45. The summed E-state index contributed by atoms with van der Waals surface area (Å²) in [5.41, 5.74) is 3.30. The van der Waals surface area contributed by atoms with Gasteiger partial charge in [0, 0.05) is 4.47 Å². The summed E-state index contributed by atoms with van der Waals surface area (Å²) in [6.07, 6.45) is 1.09. The fourth-order valence-corrected chi connectivity index (χ4v) is 2.71. The van der Waals surface area contributed by atoms with Crippen LogP contribution >= 0.6 is 15.9 Å². The third-order valence-corrected chi connectivity index (χ3v) is 4.53. The van der Waals surface area contributed by atoms with Crippen molar-refractivity contribution in [2.45, 2.75) is 25.9 Å². The van der Waals surface area contributed by atoms with E-state index in [1.807, 2.05) is 49.4 Å². The van der Waals surface area contributed by atoms with Crippen molar-refractivity contribution in [1.82, 2.24) is 0 Å². The van der Waals surface area contributed by atoms with Gasteiger partial charge in [-0.3, -0.25) is 0 Å². The minimum absolute atomic E-state index is 0.452. The van der Waals surface area contributed by atoms with Crippen molar-refractivity contribution in [2.24, 2.45) is 0 Å². The van der Waals surface area contributed by atoms with Gasteiger partial charge in [0.1, 0.15) is 5.75 Å². The highest BCUT2D eigenvalue weighted by atomic mass is 79.9. The minimum atomic E-state index is -0.452. The number of hydrogen-bond acceptors (Lipinski definition) is 2. The van der Waals surface area contributed by atoms with Crippen LogP contribution in [0, 0.1) is 6.92 Å². The predicted octanol–water partition coefficient (Wildman–Crippen LogP) is 4.43. The SMILES string of the molecule is COc1ccc(CCC(O)c2cccc(C)c2Br)cc1. The molecule has 0 bridgehead atoms. The van der Waals surface area contributed by atoms with Gasteiger partial charge in [0.05, 0.1) is 13.2 Å². The van der Waals surface area contributed by atoms with Crippen LogP contribution in [0.5, 0.6) is 5.75 Å². The summed E-state index contributed by atoms with van der Waals surface area (Å²) >= 11 is 3.55. The minimum Gasteiger partial charge on any atom is -0.497 e.